The van der Waals surface area contributed by atoms with Gasteiger partial charge >= 0.3 is 51.4 Å². The molecule has 0 unspecified atom stereocenters. The predicted octanol–water partition coefficient (Wildman–Crippen LogP) is 0.687. The Morgan fingerprint density at radius 1 is 1.25 bits per heavy atom. The Labute approximate surface area is 52.2 Å². The van der Waals surface area contributed by atoms with Crippen LogP contribution in [0, 0.1) is 0 Å². The molecule has 0 heterocycles. The summed E-state index contributed by atoms with van der Waals surface area (Å²) in [4.78, 5) is 0. The van der Waals surface area contributed by atoms with Crippen molar-refractivity contribution in [2.45, 2.75) is 5.07 Å². The van der Waals surface area contributed by atoms with Gasteiger partial charge < -0.3 is 0 Å². The predicted molar refractivity (Wildman–Crippen MR) is 25.5 cm³/mol. The van der Waals surface area contributed by atoms with Gasteiger partial charge in [0.2, 0.25) is 0 Å². The summed E-state index contributed by atoms with van der Waals surface area (Å²) in [7, 11) is 2.82. The molecule has 0 saturated carbocycles. The summed E-state index contributed by atoms with van der Waals surface area (Å²) in [6.45, 7) is 0. The standard InChI is InChI=1S/C3H6F3NSe/c1-7(2)8-3(4,5)6/h1-2H3. The Kier molecular flexibility index (Phi) is 2.80. The normalized spacial score (nSPS) is 12.8. The zero-order valence-corrected chi connectivity index (χ0v) is 6.20. The molecule has 1 nitrogen and oxygen atoms in total. The zero-order valence-electron chi connectivity index (χ0n) is 4.49. The molecule has 0 aromatic carbocycles. The van der Waals surface area contributed by atoms with Gasteiger partial charge in [-0.05, 0) is 0 Å². The van der Waals surface area contributed by atoms with Crippen LogP contribution < -0.4 is 0 Å². The molecular weight excluding hydrogens is 186 g/mol. The first kappa shape index (κ1) is 8.27. The second-order valence-corrected chi connectivity index (χ2v) is 4.24. The molecular formula is C3H6F3NSe. The Hall–Kier alpha value is 0.269. The second kappa shape index (κ2) is 2.71. The molecule has 0 aromatic rings. The van der Waals surface area contributed by atoms with Gasteiger partial charge in [-0.1, -0.05) is 0 Å². The first-order valence-electron chi connectivity index (χ1n) is 1.85. The third kappa shape index (κ3) is 6.27. The molecule has 5 heteroatoms. The fraction of sp³-hybridized carbons (Fsp3) is 1.00. The number of alkyl halides is 3. The van der Waals surface area contributed by atoms with Crippen LogP contribution in [0.3, 0.4) is 0 Å². The zero-order chi connectivity index (χ0) is 6.78. The van der Waals surface area contributed by atoms with Crippen molar-refractivity contribution in [3.05, 3.63) is 0 Å². The maximum atomic E-state index is 11.3. The van der Waals surface area contributed by atoms with Gasteiger partial charge in [0.05, 0.1) is 0 Å². The van der Waals surface area contributed by atoms with Crippen molar-refractivity contribution in [1.29, 1.82) is 0 Å². The fourth-order valence-electron chi connectivity index (χ4n) is 0.207. The van der Waals surface area contributed by atoms with Gasteiger partial charge in [-0.3, -0.25) is 0 Å². The van der Waals surface area contributed by atoms with E-state index in [1.54, 1.807) is 0 Å². The molecule has 0 bridgehead atoms. The Morgan fingerprint density at radius 2 is 1.62 bits per heavy atom. The summed E-state index contributed by atoms with van der Waals surface area (Å²) < 4.78 is 35.0. The van der Waals surface area contributed by atoms with Crippen LogP contribution in [0.2, 0.25) is 0 Å². The van der Waals surface area contributed by atoms with Crippen LogP contribution in [-0.4, -0.2) is 38.3 Å². The molecule has 0 rings (SSSR count). The molecule has 8 heavy (non-hydrogen) atoms. The van der Waals surface area contributed by atoms with Crippen molar-refractivity contribution < 1.29 is 13.2 Å². The third-order valence-electron chi connectivity index (χ3n) is 0.286. The van der Waals surface area contributed by atoms with E-state index in [1.165, 1.54) is 14.1 Å². The first-order chi connectivity index (χ1) is 3.42. The first-order valence-corrected chi connectivity index (χ1v) is 3.47. The molecule has 0 aromatic heterocycles. The number of halogens is 3. The molecule has 0 aliphatic heterocycles. The quantitative estimate of drug-likeness (QED) is 0.552. The average molecular weight is 192 g/mol. The molecule has 0 radical (unpaired) electrons. The Morgan fingerprint density at radius 3 is 1.62 bits per heavy atom. The van der Waals surface area contributed by atoms with Crippen LogP contribution in [0.25, 0.3) is 0 Å². The van der Waals surface area contributed by atoms with Crippen molar-refractivity contribution >= 4 is 15.2 Å². The van der Waals surface area contributed by atoms with Crippen molar-refractivity contribution in [1.82, 2.24) is 3.92 Å². The summed E-state index contributed by atoms with van der Waals surface area (Å²) in [6, 6.07) is 0. The van der Waals surface area contributed by atoms with E-state index in [0.717, 1.165) is 3.92 Å². The van der Waals surface area contributed by atoms with Crippen LogP contribution >= 0.6 is 0 Å². The minimum absolute atomic E-state index is 1.15. The van der Waals surface area contributed by atoms with E-state index in [0.29, 0.717) is 0 Å². The molecule has 0 aliphatic rings. The molecule has 0 atom stereocenters. The van der Waals surface area contributed by atoms with E-state index in [9.17, 15) is 13.2 Å². The van der Waals surface area contributed by atoms with Gasteiger partial charge in [-0.25, -0.2) is 0 Å². The van der Waals surface area contributed by atoms with E-state index >= 15 is 0 Å². The van der Waals surface area contributed by atoms with Crippen molar-refractivity contribution in [2.24, 2.45) is 0 Å². The van der Waals surface area contributed by atoms with Crippen molar-refractivity contribution in [2.75, 3.05) is 14.1 Å². The van der Waals surface area contributed by atoms with Crippen LogP contribution in [-0.2, 0) is 0 Å². The Bertz CT molecular complexity index is 69.4. The number of nitrogens with zero attached hydrogens (tertiary/aromatic N) is 1. The molecule has 0 spiro atoms. The van der Waals surface area contributed by atoms with E-state index in [1.807, 2.05) is 0 Å². The summed E-state index contributed by atoms with van der Waals surface area (Å²) in [5.74, 6) is 0. The average Bonchev–Trinajstić information content (AvgIpc) is 1.21. The molecule has 0 amide bonds. The van der Waals surface area contributed by atoms with E-state index in [2.05, 4.69) is 0 Å². The number of rotatable bonds is 1. The van der Waals surface area contributed by atoms with Gasteiger partial charge in [-0.15, -0.1) is 0 Å². The summed E-state index contributed by atoms with van der Waals surface area (Å²) in [5, 5.41) is -3.99. The van der Waals surface area contributed by atoms with E-state index < -0.39 is 20.2 Å². The van der Waals surface area contributed by atoms with Crippen molar-refractivity contribution in [3.8, 4) is 0 Å². The molecule has 0 aliphatic carbocycles. The monoisotopic (exact) mass is 193 g/mol. The topological polar surface area (TPSA) is 3.24 Å². The summed E-state index contributed by atoms with van der Waals surface area (Å²) in [5.41, 5.74) is 0. The molecule has 0 N–H and O–H groups in total. The van der Waals surface area contributed by atoms with E-state index in [4.69, 9.17) is 0 Å². The van der Waals surface area contributed by atoms with Gasteiger partial charge in [0.1, 0.15) is 0 Å². The molecule has 50 valence electrons. The van der Waals surface area contributed by atoms with Crippen LogP contribution in [0.4, 0.5) is 13.2 Å². The van der Waals surface area contributed by atoms with Gasteiger partial charge in [-0.2, -0.15) is 0 Å². The number of hydrogen-bond donors (Lipinski definition) is 0. The summed E-state index contributed by atoms with van der Waals surface area (Å²) in [6.07, 6.45) is 0. The van der Waals surface area contributed by atoms with Crippen LogP contribution in [0.1, 0.15) is 0 Å². The second-order valence-electron chi connectivity index (χ2n) is 1.35. The SMILES string of the molecule is CN(C)[Se]C(F)(F)F. The molecule has 0 saturated heterocycles. The number of hydrogen-bond acceptors (Lipinski definition) is 1. The Balaban J connectivity index is 3.39. The van der Waals surface area contributed by atoms with E-state index in [-0.39, 0.29) is 0 Å². The summed E-state index contributed by atoms with van der Waals surface area (Å²) >= 11 is -1.35. The van der Waals surface area contributed by atoms with Gasteiger partial charge in [0.25, 0.3) is 0 Å². The minimum atomic E-state index is -3.99. The van der Waals surface area contributed by atoms with Crippen LogP contribution in [0.5, 0.6) is 0 Å². The van der Waals surface area contributed by atoms with Crippen LogP contribution in [0.15, 0.2) is 0 Å². The fourth-order valence-corrected chi connectivity index (χ4v) is 1.08. The van der Waals surface area contributed by atoms with Crippen molar-refractivity contribution in [3.63, 3.8) is 0 Å². The van der Waals surface area contributed by atoms with Gasteiger partial charge in [0, 0.05) is 0 Å². The van der Waals surface area contributed by atoms with Gasteiger partial charge in [0.15, 0.2) is 0 Å². The molecule has 0 fully saturated rings. The third-order valence-corrected chi connectivity index (χ3v) is 1.49. The maximum absolute atomic E-state index is 11.3.